The number of hydrogen-bond acceptors (Lipinski definition) is 6. The Morgan fingerprint density at radius 3 is 0.727 bits per heavy atom. The Kier molecular flexibility index (Phi) is 60.6. The van der Waals surface area contributed by atoms with Gasteiger partial charge in [-0.05, 0) is 0 Å². The summed E-state index contributed by atoms with van der Waals surface area (Å²) in [4.78, 5) is 34.1. The van der Waals surface area contributed by atoms with Crippen LogP contribution in [0.3, 0.4) is 0 Å². The normalized spacial score (nSPS) is 4.36. The third kappa shape index (κ3) is 241. The van der Waals surface area contributed by atoms with Gasteiger partial charge in [0, 0.05) is 18.3 Å². The zero-order valence-corrected chi connectivity index (χ0v) is 14.8. The van der Waals surface area contributed by atoms with Crippen molar-refractivity contribution in [1.29, 1.82) is 0 Å². The van der Waals surface area contributed by atoms with Gasteiger partial charge in [-0.15, -0.1) is 0 Å². The van der Waals surface area contributed by atoms with Crippen molar-refractivity contribution in [1.82, 2.24) is 0 Å². The van der Waals surface area contributed by atoms with Crippen molar-refractivity contribution in [3.8, 4) is 0 Å². The Hall–Kier alpha value is 2.34. The standard InChI is InChI=1S/Ba.2Mg.2O3Si/c;;;2*1-4(2)3/q3*+2;2*-2. The van der Waals surface area contributed by atoms with E-state index >= 15 is 0 Å². The summed E-state index contributed by atoms with van der Waals surface area (Å²) in [5.41, 5.74) is 0. The van der Waals surface area contributed by atoms with E-state index in [1.54, 1.807) is 0 Å². The smallest absolute Gasteiger partial charge is 0.672 e. The van der Waals surface area contributed by atoms with E-state index in [4.69, 9.17) is 28.1 Å². The van der Waals surface area contributed by atoms with Crippen molar-refractivity contribution in [3.05, 3.63) is 0 Å². The average Bonchev–Trinajstić information content (AvgIpc) is 1.25. The quantitative estimate of drug-likeness (QED) is 0.404. The van der Waals surface area contributed by atoms with Crippen LogP contribution in [0.15, 0.2) is 0 Å². The second-order valence-electron chi connectivity index (χ2n) is 0.500. The molecule has 6 nitrogen and oxygen atoms in total. The minimum absolute atomic E-state index is 0. The first-order valence-electron chi connectivity index (χ1n) is 1.22. The molecule has 0 aliphatic rings. The predicted octanol–water partition coefficient (Wildman–Crippen LogP) is -6.90. The van der Waals surface area contributed by atoms with Crippen molar-refractivity contribution in [2.24, 2.45) is 0 Å². The Balaban J connectivity index is -0.0000000171. The van der Waals surface area contributed by atoms with Crippen LogP contribution in [-0.4, -0.2) is 113 Å². The molecule has 0 N–H and O–H groups in total. The molecular weight excluding hydrogens is 338 g/mol. The Morgan fingerprint density at radius 1 is 0.727 bits per heavy atom. The third-order valence-electron chi connectivity index (χ3n) is 0. The van der Waals surface area contributed by atoms with E-state index in [-0.39, 0.29) is 95.0 Å². The molecule has 48 valence electrons. The Labute approximate surface area is 139 Å². The van der Waals surface area contributed by atoms with E-state index in [0.29, 0.717) is 0 Å². The molecule has 11 heavy (non-hydrogen) atoms. The molecule has 0 aromatic rings. The maximum absolute atomic E-state index is 8.52. The van der Waals surface area contributed by atoms with E-state index in [1.807, 2.05) is 0 Å². The summed E-state index contributed by atoms with van der Waals surface area (Å²) in [6.07, 6.45) is 0. The molecule has 0 saturated carbocycles. The topological polar surface area (TPSA) is 126 Å². The molecule has 0 saturated heterocycles. The van der Waals surface area contributed by atoms with Crippen LogP contribution in [0.5, 0.6) is 0 Å². The van der Waals surface area contributed by atoms with Gasteiger partial charge in [0.25, 0.3) is 0 Å². The Bertz CT molecular complexity index is 76.6. The molecule has 11 heteroatoms. The van der Waals surface area contributed by atoms with Crippen molar-refractivity contribution >= 4 is 113 Å². The van der Waals surface area contributed by atoms with Crippen molar-refractivity contribution in [3.63, 3.8) is 0 Å². The third-order valence-corrected chi connectivity index (χ3v) is 0. The van der Waals surface area contributed by atoms with Gasteiger partial charge in [0.15, 0.2) is 0 Å². The monoisotopic (exact) mass is 338 g/mol. The van der Waals surface area contributed by atoms with E-state index in [2.05, 4.69) is 0 Å². The molecule has 0 atom stereocenters. The largest absolute Gasteiger partial charge is 2.00 e. The molecule has 0 bridgehead atoms. The second-order valence-corrected chi connectivity index (χ2v) is 1.50. The minimum Gasteiger partial charge on any atom is -0.672 e. The molecule has 0 aromatic heterocycles. The second kappa shape index (κ2) is 22.8. The van der Waals surface area contributed by atoms with E-state index < -0.39 is 18.3 Å². The first-order chi connectivity index (χ1) is 3.46. The van der Waals surface area contributed by atoms with Crippen LogP contribution >= 0.6 is 0 Å². The zero-order valence-electron chi connectivity index (χ0n) is 5.57. The summed E-state index contributed by atoms with van der Waals surface area (Å²) in [5, 5.41) is 0. The molecule has 0 amide bonds. The molecule has 0 radical (unpaired) electrons. The van der Waals surface area contributed by atoms with Gasteiger partial charge in [-0.1, -0.05) is 0 Å². The van der Waals surface area contributed by atoms with E-state index in [9.17, 15) is 0 Å². The van der Waals surface area contributed by atoms with Crippen molar-refractivity contribution in [2.45, 2.75) is 0 Å². The van der Waals surface area contributed by atoms with Crippen molar-refractivity contribution in [2.75, 3.05) is 0 Å². The molecule has 0 unspecified atom stereocenters. The molecule has 0 aliphatic carbocycles. The van der Waals surface area contributed by atoms with Gasteiger partial charge in [0.1, 0.15) is 0 Å². The van der Waals surface area contributed by atoms with Crippen molar-refractivity contribution < 1.29 is 28.1 Å². The van der Waals surface area contributed by atoms with Gasteiger partial charge in [-0.3, -0.25) is 0 Å². The zero-order chi connectivity index (χ0) is 7.15. The fourth-order valence-corrected chi connectivity index (χ4v) is 0. The van der Waals surface area contributed by atoms with Gasteiger partial charge in [-0.25, -0.2) is 0 Å². The summed E-state index contributed by atoms with van der Waals surface area (Å²) in [6.45, 7) is 0. The van der Waals surface area contributed by atoms with Crippen LogP contribution in [0.2, 0.25) is 0 Å². The minimum atomic E-state index is -3.63. The van der Waals surface area contributed by atoms with Crippen LogP contribution in [-0.2, 0) is 8.92 Å². The molecule has 0 spiro atoms. The summed E-state index contributed by atoms with van der Waals surface area (Å²) >= 11 is 0. The van der Waals surface area contributed by atoms with Gasteiger partial charge < -0.3 is 28.1 Å². The molecule has 0 aliphatic heterocycles. The maximum atomic E-state index is 8.52. The number of hydrogen-bond donors (Lipinski definition) is 0. The summed E-state index contributed by atoms with van der Waals surface area (Å²) < 4.78 is 17.0. The van der Waals surface area contributed by atoms with Crippen LogP contribution in [0.1, 0.15) is 0 Å². The fraction of sp³-hybridized carbons (Fsp3) is 0. The first kappa shape index (κ1) is 29.2. The van der Waals surface area contributed by atoms with Crippen LogP contribution in [0.25, 0.3) is 0 Å². The predicted molar refractivity (Wildman–Crippen MR) is 30.1 cm³/mol. The van der Waals surface area contributed by atoms with Crippen LogP contribution in [0.4, 0.5) is 0 Å². The van der Waals surface area contributed by atoms with Gasteiger partial charge in [-0.2, -0.15) is 0 Å². The van der Waals surface area contributed by atoms with E-state index in [1.165, 1.54) is 0 Å². The molecular formula is BaMg2O6Si2+2. The van der Waals surface area contributed by atoms with Crippen LogP contribution in [0, 0.1) is 0 Å². The SMILES string of the molecule is O=[Si]([O-])[O-].O=[Si]([O-])[O-].[Ba+2].[Mg+2].[Mg+2]. The summed E-state index contributed by atoms with van der Waals surface area (Å²) in [7, 11) is -7.26. The average molecular weight is 338 g/mol. The maximum Gasteiger partial charge on any atom is 2.00 e. The van der Waals surface area contributed by atoms with Crippen LogP contribution < -0.4 is 19.2 Å². The van der Waals surface area contributed by atoms with Gasteiger partial charge >= 0.3 is 95.0 Å². The fourth-order valence-electron chi connectivity index (χ4n) is 0. The Morgan fingerprint density at radius 2 is 0.727 bits per heavy atom. The number of rotatable bonds is 0. The molecule has 0 fully saturated rings. The van der Waals surface area contributed by atoms with E-state index in [0.717, 1.165) is 0 Å². The van der Waals surface area contributed by atoms with Gasteiger partial charge in [0.2, 0.25) is 0 Å². The molecule has 0 rings (SSSR count). The molecule has 0 heterocycles. The summed E-state index contributed by atoms with van der Waals surface area (Å²) in [5.74, 6) is 0. The van der Waals surface area contributed by atoms with Gasteiger partial charge in [0.05, 0.1) is 0 Å². The molecule has 0 aromatic carbocycles. The first-order valence-corrected chi connectivity index (χ1v) is 3.67. The summed E-state index contributed by atoms with van der Waals surface area (Å²) in [6, 6.07) is 0.